The molecule has 1 aromatic carbocycles. The lowest BCUT2D eigenvalue weighted by molar-refractivity contribution is 0.103. The van der Waals surface area contributed by atoms with Crippen LogP contribution in [-0.2, 0) is 0 Å². The molecule has 0 fully saturated rings. The Hall–Kier alpha value is -2.94. The van der Waals surface area contributed by atoms with Crippen molar-refractivity contribution in [1.29, 1.82) is 0 Å². The molecule has 3 rings (SSSR count). The maximum atomic E-state index is 13.5. The van der Waals surface area contributed by atoms with Crippen molar-refractivity contribution in [2.24, 2.45) is 0 Å². The van der Waals surface area contributed by atoms with Crippen molar-refractivity contribution in [2.75, 3.05) is 5.32 Å². The molecular weight excluding hydrogens is 372 g/mol. The van der Waals surface area contributed by atoms with Gasteiger partial charge in [-0.25, -0.2) is 0 Å². The fourth-order valence-corrected chi connectivity index (χ4v) is 2.90. The molecule has 0 unspecified atom stereocenters. The summed E-state index contributed by atoms with van der Waals surface area (Å²) in [6.45, 7) is 1.80. The van der Waals surface area contributed by atoms with Crippen LogP contribution in [-0.4, -0.2) is 10.9 Å². The first kappa shape index (κ1) is 17.9. The molecule has 0 saturated heterocycles. The molecule has 0 aliphatic heterocycles. The van der Waals surface area contributed by atoms with E-state index in [0.717, 1.165) is 5.56 Å². The number of thiophene rings is 1. The molecule has 0 aliphatic carbocycles. The van der Waals surface area contributed by atoms with Crippen molar-refractivity contribution in [1.82, 2.24) is 4.98 Å². The zero-order valence-corrected chi connectivity index (χ0v) is 14.0. The number of carbonyl (C=O) groups is 1. The van der Waals surface area contributed by atoms with Gasteiger partial charge in [-0.2, -0.15) is 22.5 Å². The molecule has 9 heteroatoms. The Labute approximate surface area is 149 Å². The van der Waals surface area contributed by atoms with Crippen molar-refractivity contribution in [2.45, 2.75) is 6.92 Å². The standard InChI is InChI=1S/C17H10F4N2O2S/c1-8-6-7-26-14(8)17(24)22-9-2-4-10(5-3-9)25-13-11(18)15(20)23-16(21)12(13)19/h2-7H,1H3,(H,22,24). The summed E-state index contributed by atoms with van der Waals surface area (Å²) in [5, 5.41) is 4.44. The first-order chi connectivity index (χ1) is 12.4. The van der Waals surface area contributed by atoms with Crippen LogP contribution in [0.3, 0.4) is 0 Å². The van der Waals surface area contributed by atoms with Crippen molar-refractivity contribution < 1.29 is 27.1 Å². The normalized spacial score (nSPS) is 10.7. The lowest BCUT2D eigenvalue weighted by atomic mass is 10.2. The Morgan fingerprint density at radius 3 is 2.19 bits per heavy atom. The molecule has 3 aromatic rings. The summed E-state index contributed by atoms with van der Waals surface area (Å²) in [4.78, 5) is 15.1. The van der Waals surface area contributed by atoms with Gasteiger partial charge in [-0.05, 0) is 48.2 Å². The van der Waals surface area contributed by atoms with Gasteiger partial charge in [-0.1, -0.05) is 0 Å². The van der Waals surface area contributed by atoms with E-state index in [1.54, 1.807) is 12.3 Å². The topological polar surface area (TPSA) is 51.2 Å². The number of nitrogens with one attached hydrogen (secondary N) is 1. The van der Waals surface area contributed by atoms with E-state index in [1.807, 2.05) is 6.07 Å². The number of nitrogens with zero attached hydrogens (tertiary/aromatic N) is 1. The van der Waals surface area contributed by atoms with E-state index in [0.29, 0.717) is 10.6 Å². The Morgan fingerprint density at radius 2 is 1.65 bits per heavy atom. The van der Waals surface area contributed by atoms with Gasteiger partial charge in [0.25, 0.3) is 17.8 Å². The molecule has 4 nitrogen and oxygen atoms in total. The summed E-state index contributed by atoms with van der Waals surface area (Å²) in [5.41, 5.74) is 1.24. The zero-order chi connectivity index (χ0) is 18.8. The summed E-state index contributed by atoms with van der Waals surface area (Å²) >= 11 is 1.29. The highest BCUT2D eigenvalue weighted by molar-refractivity contribution is 7.12. The Morgan fingerprint density at radius 1 is 1.04 bits per heavy atom. The monoisotopic (exact) mass is 382 g/mol. The van der Waals surface area contributed by atoms with Crippen LogP contribution in [0.2, 0.25) is 0 Å². The van der Waals surface area contributed by atoms with Gasteiger partial charge in [0.2, 0.25) is 17.4 Å². The van der Waals surface area contributed by atoms with Crippen molar-refractivity contribution in [3.63, 3.8) is 0 Å². The predicted octanol–water partition coefficient (Wildman–Crippen LogP) is 5.05. The predicted molar refractivity (Wildman–Crippen MR) is 87.6 cm³/mol. The number of halogens is 4. The summed E-state index contributed by atoms with van der Waals surface area (Å²) in [6, 6.07) is 7.21. The molecule has 2 heterocycles. The third-order valence-corrected chi connectivity index (χ3v) is 4.37. The number of rotatable bonds is 4. The number of amides is 1. The molecule has 0 bridgehead atoms. The highest BCUT2D eigenvalue weighted by atomic mass is 32.1. The van der Waals surface area contributed by atoms with Crippen molar-refractivity contribution in [3.05, 3.63) is 69.7 Å². The van der Waals surface area contributed by atoms with Gasteiger partial charge in [-0.15, -0.1) is 11.3 Å². The average molecular weight is 382 g/mol. The molecule has 0 aliphatic rings. The number of hydrogen-bond acceptors (Lipinski definition) is 4. The zero-order valence-electron chi connectivity index (χ0n) is 13.1. The third kappa shape index (κ3) is 3.52. The first-order valence-electron chi connectivity index (χ1n) is 7.20. The summed E-state index contributed by atoms with van der Waals surface area (Å²) in [5.74, 6) is -8.73. The van der Waals surface area contributed by atoms with E-state index in [1.165, 1.54) is 35.6 Å². The second-order valence-electron chi connectivity index (χ2n) is 5.16. The molecule has 0 radical (unpaired) electrons. The molecule has 134 valence electrons. The van der Waals surface area contributed by atoms with Gasteiger partial charge >= 0.3 is 0 Å². The van der Waals surface area contributed by atoms with Gasteiger partial charge in [-0.3, -0.25) is 4.79 Å². The van der Waals surface area contributed by atoms with Gasteiger partial charge in [0.1, 0.15) is 5.75 Å². The van der Waals surface area contributed by atoms with E-state index < -0.39 is 29.3 Å². The van der Waals surface area contributed by atoms with Crippen LogP contribution in [0.25, 0.3) is 0 Å². The average Bonchev–Trinajstić information content (AvgIpc) is 3.04. The van der Waals surface area contributed by atoms with E-state index in [-0.39, 0.29) is 11.7 Å². The summed E-state index contributed by atoms with van der Waals surface area (Å²) in [7, 11) is 0. The lowest BCUT2D eigenvalue weighted by Crippen LogP contribution is -2.11. The van der Waals surface area contributed by atoms with Crippen LogP contribution in [0.4, 0.5) is 23.2 Å². The Balaban J connectivity index is 1.77. The van der Waals surface area contributed by atoms with Gasteiger partial charge < -0.3 is 10.1 Å². The fraction of sp³-hybridized carbons (Fsp3) is 0.0588. The van der Waals surface area contributed by atoms with Gasteiger partial charge in [0.15, 0.2) is 0 Å². The molecule has 0 saturated carbocycles. The number of ether oxygens (including phenoxy) is 1. The van der Waals surface area contributed by atoms with Gasteiger partial charge in [0.05, 0.1) is 4.88 Å². The number of aromatic nitrogens is 1. The second-order valence-corrected chi connectivity index (χ2v) is 6.08. The van der Waals surface area contributed by atoms with Crippen molar-refractivity contribution >= 4 is 22.9 Å². The highest BCUT2D eigenvalue weighted by Gasteiger charge is 2.22. The second kappa shape index (κ2) is 7.12. The largest absolute Gasteiger partial charge is 0.451 e. The molecule has 26 heavy (non-hydrogen) atoms. The maximum absolute atomic E-state index is 13.5. The van der Waals surface area contributed by atoms with E-state index in [2.05, 4.69) is 10.3 Å². The van der Waals surface area contributed by atoms with Crippen LogP contribution in [0.1, 0.15) is 15.2 Å². The highest BCUT2D eigenvalue weighted by Crippen LogP contribution is 2.30. The van der Waals surface area contributed by atoms with E-state index in [4.69, 9.17) is 4.74 Å². The SMILES string of the molecule is Cc1ccsc1C(=O)Nc1ccc(Oc2c(F)c(F)nc(F)c2F)cc1. The number of anilines is 1. The Bertz CT molecular complexity index is 947. The van der Waals surface area contributed by atoms with Gasteiger partial charge in [0, 0.05) is 5.69 Å². The molecule has 2 aromatic heterocycles. The minimum Gasteiger partial charge on any atom is -0.451 e. The molecule has 0 atom stereocenters. The summed E-state index contributed by atoms with van der Waals surface area (Å²) in [6.07, 6.45) is 0. The molecular formula is C17H10F4N2O2S. The molecule has 0 spiro atoms. The quantitative estimate of drug-likeness (QED) is 0.507. The summed E-state index contributed by atoms with van der Waals surface area (Å²) < 4.78 is 58.1. The number of hydrogen-bond donors (Lipinski definition) is 1. The van der Waals surface area contributed by atoms with Crippen LogP contribution in [0.5, 0.6) is 11.5 Å². The maximum Gasteiger partial charge on any atom is 0.265 e. The Kier molecular flexibility index (Phi) is 4.90. The third-order valence-electron chi connectivity index (χ3n) is 3.36. The minimum atomic E-state index is -1.81. The van der Waals surface area contributed by atoms with Crippen LogP contribution < -0.4 is 10.1 Å². The number of pyridine rings is 1. The number of aryl methyl sites for hydroxylation is 1. The molecule has 1 amide bonds. The van der Waals surface area contributed by atoms with Crippen LogP contribution in [0.15, 0.2) is 35.7 Å². The molecule has 1 N–H and O–H groups in total. The van der Waals surface area contributed by atoms with E-state index in [9.17, 15) is 22.4 Å². The number of benzene rings is 1. The fourth-order valence-electron chi connectivity index (χ4n) is 2.08. The lowest BCUT2D eigenvalue weighted by Gasteiger charge is -2.10. The van der Waals surface area contributed by atoms with E-state index >= 15 is 0 Å². The van der Waals surface area contributed by atoms with Crippen LogP contribution >= 0.6 is 11.3 Å². The van der Waals surface area contributed by atoms with Crippen molar-refractivity contribution in [3.8, 4) is 11.5 Å². The first-order valence-corrected chi connectivity index (χ1v) is 8.08. The minimum absolute atomic E-state index is 0.0851. The number of carbonyl (C=O) groups excluding carboxylic acids is 1. The van der Waals surface area contributed by atoms with Crippen LogP contribution in [0, 0.1) is 30.5 Å². The smallest absolute Gasteiger partial charge is 0.265 e.